The fourth-order valence-corrected chi connectivity index (χ4v) is 0.859. The van der Waals surface area contributed by atoms with Gasteiger partial charge in [0.15, 0.2) is 0 Å². The van der Waals surface area contributed by atoms with Crippen LogP contribution in [0.5, 0.6) is 0 Å². The average molecular weight is 129 g/mol. The fourth-order valence-electron chi connectivity index (χ4n) is 0.691. The van der Waals surface area contributed by atoms with Gasteiger partial charge in [-0.15, -0.1) is 11.6 Å². The standard InChI is InChI=1S/C7H9Cl/c1-6-4-2-3-5-7(6)8/h2-7H,1H3/t6-,7+/m0/s1. The molecular weight excluding hydrogens is 120 g/mol. The van der Waals surface area contributed by atoms with Crippen molar-refractivity contribution in [3.8, 4) is 0 Å². The number of allylic oxidation sites excluding steroid dienone is 4. The van der Waals surface area contributed by atoms with Gasteiger partial charge in [0.1, 0.15) is 0 Å². The van der Waals surface area contributed by atoms with Gasteiger partial charge in [-0.3, -0.25) is 0 Å². The van der Waals surface area contributed by atoms with Crippen LogP contribution in [0.2, 0.25) is 0 Å². The summed E-state index contributed by atoms with van der Waals surface area (Å²) in [6.07, 6.45) is 8.13. The maximum absolute atomic E-state index is 5.83. The van der Waals surface area contributed by atoms with Gasteiger partial charge in [0.2, 0.25) is 0 Å². The Hall–Kier alpha value is -0.230. The van der Waals surface area contributed by atoms with Gasteiger partial charge in [-0.1, -0.05) is 31.2 Å². The van der Waals surface area contributed by atoms with E-state index in [4.69, 9.17) is 11.6 Å². The Morgan fingerprint density at radius 3 is 2.25 bits per heavy atom. The Morgan fingerprint density at radius 2 is 1.88 bits per heavy atom. The van der Waals surface area contributed by atoms with Crippen LogP contribution in [0.25, 0.3) is 0 Å². The van der Waals surface area contributed by atoms with Crippen LogP contribution in [0.4, 0.5) is 0 Å². The van der Waals surface area contributed by atoms with Crippen LogP contribution in [-0.2, 0) is 0 Å². The summed E-state index contributed by atoms with van der Waals surface area (Å²) in [5, 5.41) is 0.208. The molecule has 0 aliphatic heterocycles. The van der Waals surface area contributed by atoms with E-state index in [-0.39, 0.29) is 5.38 Å². The summed E-state index contributed by atoms with van der Waals surface area (Å²) in [5.74, 6) is 0.502. The van der Waals surface area contributed by atoms with E-state index < -0.39 is 0 Å². The molecule has 0 aromatic rings. The van der Waals surface area contributed by atoms with E-state index in [2.05, 4.69) is 13.0 Å². The fraction of sp³-hybridized carbons (Fsp3) is 0.429. The van der Waals surface area contributed by atoms with Gasteiger partial charge < -0.3 is 0 Å². The maximum atomic E-state index is 5.83. The van der Waals surface area contributed by atoms with E-state index in [1.807, 2.05) is 18.2 Å². The van der Waals surface area contributed by atoms with Crippen molar-refractivity contribution in [2.45, 2.75) is 12.3 Å². The first kappa shape index (κ1) is 5.90. The summed E-state index contributed by atoms with van der Waals surface area (Å²) in [6, 6.07) is 0. The molecule has 1 aliphatic rings. The van der Waals surface area contributed by atoms with Crippen molar-refractivity contribution >= 4 is 11.6 Å². The van der Waals surface area contributed by atoms with Crippen LogP contribution < -0.4 is 0 Å². The minimum absolute atomic E-state index is 0.208. The molecule has 0 fully saturated rings. The van der Waals surface area contributed by atoms with Gasteiger partial charge in [-0.05, 0) is 5.92 Å². The first-order valence-corrected chi connectivity index (χ1v) is 3.23. The minimum atomic E-state index is 0.208. The topological polar surface area (TPSA) is 0 Å². The third kappa shape index (κ3) is 1.13. The average Bonchev–Trinajstić information content (AvgIpc) is 1.77. The van der Waals surface area contributed by atoms with Crippen LogP contribution in [0.3, 0.4) is 0 Å². The summed E-state index contributed by atoms with van der Waals surface area (Å²) in [7, 11) is 0. The van der Waals surface area contributed by atoms with Gasteiger partial charge in [-0.2, -0.15) is 0 Å². The second kappa shape index (κ2) is 2.36. The highest BCUT2D eigenvalue weighted by Gasteiger charge is 2.08. The number of halogens is 1. The molecule has 0 saturated heterocycles. The lowest BCUT2D eigenvalue weighted by molar-refractivity contribution is 0.745. The molecule has 0 nitrogen and oxygen atoms in total. The normalized spacial score (nSPS) is 35.8. The van der Waals surface area contributed by atoms with Gasteiger partial charge in [0.05, 0.1) is 5.38 Å². The van der Waals surface area contributed by atoms with E-state index in [1.54, 1.807) is 0 Å². The van der Waals surface area contributed by atoms with Gasteiger partial charge in [0.25, 0.3) is 0 Å². The van der Waals surface area contributed by atoms with Crippen molar-refractivity contribution in [3.05, 3.63) is 24.3 Å². The van der Waals surface area contributed by atoms with Gasteiger partial charge in [0, 0.05) is 0 Å². The lowest BCUT2D eigenvalue weighted by atomic mass is 10.0. The Labute approximate surface area is 54.8 Å². The summed E-state index contributed by atoms with van der Waals surface area (Å²) in [4.78, 5) is 0. The zero-order chi connectivity index (χ0) is 5.98. The molecule has 0 amide bonds. The molecule has 0 N–H and O–H groups in total. The van der Waals surface area contributed by atoms with Crippen molar-refractivity contribution < 1.29 is 0 Å². The number of rotatable bonds is 0. The molecule has 0 bridgehead atoms. The highest BCUT2D eigenvalue weighted by Crippen LogP contribution is 2.16. The summed E-state index contributed by atoms with van der Waals surface area (Å²) < 4.78 is 0. The van der Waals surface area contributed by atoms with Crippen molar-refractivity contribution in [2.24, 2.45) is 5.92 Å². The highest BCUT2D eigenvalue weighted by molar-refractivity contribution is 6.22. The molecule has 0 unspecified atom stereocenters. The molecule has 0 saturated carbocycles. The summed E-state index contributed by atoms with van der Waals surface area (Å²) in [6.45, 7) is 2.11. The molecule has 2 atom stereocenters. The Morgan fingerprint density at radius 1 is 1.25 bits per heavy atom. The monoisotopic (exact) mass is 128 g/mol. The smallest absolute Gasteiger partial charge is 0.0579 e. The summed E-state index contributed by atoms with van der Waals surface area (Å²) >= 11 is 5.83. The van der Waals surface area contributed by atoms with Crippen molar-refractivity contribution in [2.75, 3.05) is 0 Å². The van der Waals surface area contributed by atoms with E-state index in [0.717, 1.165) is 0 Å². The molecule has 1 rings (SSSR count). The van der Waals surface area contributed by atoms with Gasteiger partial charge >= 0.3 is 0 Å². The summed E-state index contributed by atoms with van der Waals surface area (Å²) in [5.41, 5.74) is 0. The number of alkyl halides is 1. The number of hydrogen-bond donors (Lipinski definition) is 0. The predicted molar refractivity (Wildman–Crippen MR) is 37.1 cm³/mol. The molecule has 1 aliphatic carbocycles. The van der Waals surface area contributed by atoms with Crippen LogP contribution in [0.15, 0.2) is 24.3 Å². The van der Waals surface area contributed by atoms with Crippen molar-refractivity contribution in [3.63, 3.8) is 0 Å². The SMILES string of the molecule is C[C@H]1C=CC=C[C@H]1Cl. The zero-order valence-electron chi connectivity index (χ0n) is 4.84. The van der Waals surface area contributed by atoms with Crippen molar-refractivity contribution in [1.82, 2.24) is 0 Å². The van der Waals surface area contributed by atoms with E-state index in [1.165, 1.54) is 0 Å². The third-order valence-electron chi connectivity index (χ3n) is 1.32. The second-order valence-electron chi connectivity index (χ2n) is 2.07. The van der Waals surface area contributed by atoms with Gasteiger partial charge in [-0.25, -0.2) is 0 Å². The number of hydrogen-bond acceptors (Lipinski definition) is 0. The lowest BCUT2D eigenvalue weighted by Gasteiger charge is -2.11. The first-order valence-electron chi connectivity index (χ1n) is 2.80. The van der Waals surface area contributed by atoms with Crippen LogP contribution >= 0.6 is 11.6 Å². The lowest BCUT2D eigenvalue weighted by Crippen LogP contribution is -2.06. The van der Waals surface area contributed by atoms with Crippen molar-refractivity contribution in [1.29, 1.82) is 0 Å². The molecule has 0 heterocycles. The first-order chi connectivity index (χ1) is 3.80. The Bertz CT molecular complexity index is 108. The molecule has 0 aromatic heterocycles. The van der Waals surface area contributed by atoms with E-state index in [0.29, 0.717) is 5.92 Å². The molecule has 0 spiro atoms. The van der Waals surface area contributed by atoms with Crippen LogP contribution in [0.1, 0.15) is 6.92 Å². The zero-order valence-corrected chi connectivity index (χ0v) is 5.60. The van der Waals surface area contributed by atoms with E-state index in [9.17, 15) is 0 Å². The quantitative estimate of drug-likeness (QED) is 0.440. The molecule has 1 heteroatoms. The Balaban J connectivity index is 2.59. The molecular formula is C7H9Cl. The molecule has 44 valence electrons. The third-order valence-corrected chi connectivity index (χ3v) is 1.87. The maximum Gasteiger partial charge on any atom is 0.0579 e. The highest BCUT2D eigenvalue weighted by atomic mass is 35.5. The Kier molecular flexibility index (Phi) is 1.74. The van der Waals surface area contributed by atoms with Crippen LogP contribution in [0, 0.1) is 5.92 Å². The van der Waals surface area contributed by atoms with Crippen LogP contribution in [-0.4, -0.2) is 5.38 Å². The molecule has 8 heavy (non-hydrogen) atoms. The molecule has 0 radical (unpaired) electrons. The van der Waals surface area contributed by atoms with E-state index >= 15 is 0 Å². The molecule has 0 aromatic carbocycles. The second-order valence-corrected chi connectivity index (χ2v) is 2.58. The predicted octanol–water partition coefficient (Wildman–Crippen LogP) is 2.36. The minimum Gasteiger partial charge on any atom is -0.118 e. The largest absolute Gasteiger partial charge is 0.118 e.